The van der Waals surface area contributed by atoms with Gasteiger partial charge in [0.2, 0.25) is 5.91 Å². The quantitative estimate of drug-likeness (QED) is 0.708. The molecular formula is C14H26N2O3. The third-order valence-corrected chi connectivity index (χ3v) is 3.57. The number of hydrogen-bond donors (Lipinski definition) is 3. The smallest absolute Gasteiger partial charge is 0.329 e. The summed E-state index contributed by atoms with van der Waals surface area (Å²) in [4.78, 5) is 23.3. The molecule has 0 aromatic carbocycles. The summed E-state index contributed by atoms with van der Waals surface area (Å²) in [5, 5.41) is 12.0. The van der Waals surface area contributed by atoms with Crippen LogP contribution in [0.5, 0.6) is 0 Å². The molecule has 19 heavy (non-hydrogen) atoms. The van der Waals surface area contributed by atoms with Crippen LogP contribution in [0.1, 0.15) is 59.3 Å². The molecule has 5 nitrogen and oxygen atoms in total. The number of aliphatic carboxylic acids is 1. The second kappa shape index (κ2) is 5.90. The molecular weight excluding hydrogens is 244 g/mol. The highest BCUT2D eigenvalue weighted by atomic mass is 16.4. The van der Waals surface area contributed by atoms with Crippen molar-refractivity contribution in [3.63, 3.8) is 0 Å². The zero-order chi connectivity index (χ0) is 14.7. The van der Waals surface area contributed by atoms with E-state index in [1.807, 2.05) is 0 Å². The number of carbonyl (C=O) groups is 2. The number of carboxylic acid groups (broad SMARTS) is 1. The molecule has 1 unspecified atom stereocenters. The molecule has 110 valence electrons. The lowest BCUT2D eigenvalue weighted by molar-refractivity contribution is -0.147. The summed E-state index contributed by atoms with van der Waals surface area (Å²) in [6, 6.07) is -0.229. The van der Waals surface area contributed by atoms with Crippen LogP contribution in [0.2, 0.25) is 0 Å². The van der Waals surface area contributed by atoms with E-state index in [1.165, 1.54) is 0 Å². The minimum atomic E-state index is -1.06. The van der Waals surface area contributed by atoms with Crippen LogP contribution in [0.25, 0.3) is 0 Å². The fourth-order valence-electron chi connectivity index (χ4n) is 2.79. The number of nitrogens with two attached hydrogens (primary N) is 1. The Hall–Kier alpha value is -1.10. The number of rotatable bonds is 5. The minimum absolute atomic E-state index is 0.0670. The van der Waals surface area contributed by atoms with E-state index >= 15 is 0 Å². The molecule has 0 spiro atoms. The molecule has 1 saturated carbocycles. The highest BCUT2D eigenvalue weighted by molar-refractivity contribution is 5.87. The second-order valence-corrected chi connectivity index (χ2v) is 6.87. The first-order valence-electron chi connectivity index (χ1n) is 6.95. The Morgan fingerprint density at radius 1 is 1.32 bits per heavy atom. The van der Waals surface area contributed by atoms with Crippen LogP contribution < -0.4 is 11.1 Å². The van der Waals surface area contributed by atoms with Gasteiger partial charge in [-0.25, -0.2) is 4.79 Å². The van der Waals surface area contributed by atoms with Crippen molar-refractivity contribution in [3.8, 4) is 0 Å². The maximum atomic E-state index is 12.0. The Morgan fingerprint density at radius 2 is 1.84 bits per heavy atom. The molecule has 1 aliphatic rings. The molecule has 0 heterocycles. The zero-order valence-corrected chi connectivity index (χ0v) is 12.2. The average molecular weight is 270 g/mol. The number of nitrogens with one attached hydrogen (secondary N) is 1. The van der Waals surface area contributed by atoms with E-state index in [-0.39, 0.29) is 23.8 Å². The normalized spacial score (nSPS) is 20.0. The third kappa shape index (κ3) is 4.82. The van der Waals surface area contributed by atoms with Gasteiger partial charge in [-0.1, -0.05) is 33.6 Å². The molecule has 1 fully saturated rings. The van der Waals surface area contributed by atoms with Crippen LogP contribution in [0, 0.1) is 5.41 Å². The van der Waals surface area contributed by atoms with Crippen molar-refractivity contribution in [1.82, 2.24) is 5.32 Å². The monoisotopic (exact) mass is 270 g/mol. The summed E-state index contributed by atoms with van der Waals surface area (Å²) in [5.74, 6) is -1.18. The highest BCUT2D eigenvalue weighted by Gasteiger charge is 2.42. The van der Waals surface area contributed by atoms with Gasteiger partial charge in [0.05, 0.1) is 0 Å². The molecule has 1 rings (SSSR count). The summed E-state index contributed by atoms with van der Waals surface area (Å²) >= 11 is 0. The van der Waals surface area contributed by atoms with Gasteiger partial charge in [-0.3, -0.25) is 4.79 Å². The van der Waals surface area contributed by atoms with Gasteiger partial charge < -0.3 is 16.2 Å². The molecule has 1 amide bonds. The van der Waals surface area contributed by atoms with Crippen molar-refractivity contribution in [1.29, 1.82) is 0 Å². The standard InChI is InChI=1S/C14H26N2O3/c1-13(2,3)9-10(15)8-11(17)16-14(12(18)19)6-4-5-7-14/h10H,4-9,15H2,1-3H3,(H,16,17)(H,18,19). The van der Waals surface area contributed by atoms with E-state index in [9.17, 15) is 14.7 Å². The number of carboxylic acids is 1. The predicted molar refractivity (Wildman–Crippen MR) is 73.6 cm³/mol. The number of carbonyl (C=O) groups excluding carboxylic acids is 1. The SMILES string of the molecule is CC(C)(C)CC(N)CC(=O)NC1(C(=O)O)CCCC1. The molecule has 0 saturated heterocycles. The van der Waals surface area contributed by atoms with Crippen LogP contribution >= 0.6 is 0 Å². The molecule has 0 aromatic heterocycles. The molecule has 1 aliphatic carbocycles. The van der Waals surface area contributed by atoms with Gasteiger partial charge in [0, 0.05) is 12.5 Å². The topological polar surface area (TPSA) is 92.4 Å². The third-order valence-electron chi connectivity index (χ3n) is 3.57. The van der Waals surface area contributed by atoms with Crippen LogP contribution in [0.4, 0.5) is 0 Å². The molecule has 0 radical (unpaired) electrons. The fourth-order valence-corrected chi connectivity index (χ4v) is 2.79. The van der Waals surface area contributed by atoms with Gasteiger partial charge in [-0.2, -0.15) is 0 Å². The van der Waals surface area contributed by atoms with Crippen molar-refractivity contribution >= 4 is 11.9 Å². The maximum absolute atomic E-state index is 12.0. The average Bonchev–Trinajstić information content (AvgIpc) is 2.63. The van der Waals surface area contributed by atoms with Crippen molar-refractivity contribution in [2.24, 2.45) is 11.1 Å². The first-order chi connectivity index (χ1) is 8.65. The van der Waals surface area contributed by atoms with E-state index in [0.29, 0.717) is 12.8 Å². The molecule has 4 N–H and O–H groups in total. The lowest BCUT2D eigenvalue weighted by Crippen LogP contribution is -2.53. The van der Waals surface area contributed by atoms with E-state index in [4.69, 9.17) is 5.73 Å². The number of amides is 1. The predicted octanol–water partition coefficient (Wildman–Crippen LogP) is 1.65. The van der Waals surface area contributed by atoms with Crippen LogP contribution in [0.15, 0.2) is 0 Å². The van der Waals surface area contributed by atoms with E-state index in [2.05, 4.69) is 26.1 Å². The van der Waals surface area contributed by atoms with Gasteiger partial charge in [0.25, 0.3) is 0 Å². The molecule has 5 heteroatoms. The summed E-state index contributed by atoms with van der Waals surface area (Å²) in [7, 11) is 0. The van der Waals surface area contributed by atoms with Crippen molar-refractivity contribution in [2.45, 2.75) is 70.9 Å². The molecule has 0 aromatic rings. The lowest BCUT2D eigenvalue weighted by atomic mass is 9.87. The lowest BCUT2D eigenvalue weighted by Gasteiger charge is -2.27. The van der Waals surface area contributed by atoms with Gasteiger partial charge in [-0.05, 0) is 24.7 Å². The fraction of sp³-hybridized carbons (Fsp3) is 0.857. The van der Waals surface area contributed by atoms with Gasteiger partial charge >= 0.3 is 5.97 Å². The van der Waals surface area contributed by atoms with Crippen molar-refractivity contribution < 1.29 is 14.7 Å². The van der Waals surface area contributed by atoms with Crippen molar-refractivity contribution in [3.05, 3.63) is 0 Å². The zero-order valence-electron chi connectivity index (χ0n) is 12.2. The maximum Gasteiger partial charge on any atom is 0.329 e. The van der Waals surface area contributed by atoms with E-state index in [1.54, 1.807) is 0 Å². The summed E-state index contributed by atoms with van der Waals surface area (Å²) in [5.41, 5.74) is 4.96. The molecule has 1 atom stereocenters. The van der Waals surface area contributed by atoms with Crippen LogP contribution in [0.3, 0.4) is 0 Å². The largest absolute Gasteiger partial charge is 0.480 e. The van der Waals surface area contributed by atoms with E-state index < -0.39 is 11.5 Å². The highest BCUT2D eigenvalue weighted by Crippen LogP contribution is 2.30. The molecule has 0 aliphatic heterocycles. The first-order valence-corrected chi connectivity index (χ1v) is 6.95. The number of hydrogen-bond acceptors (Lipinski definition) is 3. The van der Waals surface area contributed by atoms with Crippen LogP contribution in [-0.4, -0.2) is 28.6 Å². The summed E-state index contributed by atoms with van der Waals surface area (Å²) < 4.78 is 0. The second-order valence-electron chi connectivity index (χ2n) is 6.87. The Labute approximate surface area is 114 Å². The minimum Gasteiger partial charge on any atom is -0.480 e. The van der Waals surface area contributed by atoms with Gasteiger partial charge in [0.1, 0.15) is 5.54 Å². The van der Waals surface area contributed by atoms with Gasteiger partial charge in [-0.15, -0.1) is 0 Å². The van der Waals surface area contributed by atoms with Crippen molar-refractivity contribution in [2.75, 3.05) is 0 Å². The first kappa shape index (κ1) is 16.0. The molecule has 0 bridgehead atoms. The Balaban J connectivity index is 2.52. The summed E-state index contributed by atoms with van der Waals surface area (Å²) in [6.07, 6.45) is 3.65. The van der Waals surface area contributed by atoms with Gasteiger partial charge in [0.15, 0.2) is 0 Å². The Morgan fingerprint density at radius 3 is 2.26 bits per heavy atom. The van der Waals surface area contributed by atoms with Crippen LogP contribution in [-0.2, 0) is 9.59 Å². The Bertz CT molecular complexity index is 341. The Kier molecular flexibility index (Phi) is 4.96. The van der Waals surface area contributed by atoms with E-state index in [0.717, 1.165) is 19.3 Å². The summed E-state index contributed by atoms with van der Waals surface area (Å²) in [6.45, 7) is 6.21.